The van der Waals surface area contributed by atoms with E-state index in [-0.39, 0.29) is 16.4 Å². The van der Waals surface area contributed by atoms with Crippen molar-refractivity contribution in [3.05, 3.63) is 27.1 Å². The lowest BCUT2D eigenvalue weighted by atomic mass is 9.94. The summed E-state index contributed by atoms with van der Waals surface area (Å²) in [5.41, 5.74) is -1.08. The number of thiophene rings is 1. The number of amides is 1. The third kappa shape index (κ3) is 3.27. The van der Waals surface area contributed by atoms with E-state index in [1.807, 2.05) is 0 Å². The Morgan fingerprint density at radius 3 is 2.56 bits per heavy atom. The van der Waals surface area contributed by atoms with Crippen LogP contribution < -0.4 is 5.32 Å². The molecule has 2 N–H and O–H groups in total. The highest BCUT2D eigenvalue weighted by Crippen LogP contribution is 2.24. The molecular weight excluding hydrogens is 260 g/mol. The number of nitrogens with one attached hydrogen (secondary N) is 1. The second kappa shape index (κ2) is 5.13. The van der Waals surface area contributed by atoms with Crippen molar-refractivity contribution in [2.45, 2.75) is 13.8 Å². The smallest absolute Gasteiger partial charge is 0.324 e. The summed E-state index contributed by atoms with van der Waals surface area (Å²) in [6, 6.07) is 2.58. The predicted molar refractivity (Wildman–Crippen MR) is 64.7 cm³/mol. The maximum Gasteiger partial charge on any atom is 0.324 e. The van der Waals surface area contributed by atoms with Crippen LogP contribution in [0.1, 0.15) is 23.5 Å². The molecule has 0 aromatic carbocycles. The minimum atomic E-state index is -1.08. The zero-order valence-corrected chi connectivity index (χ0v) is 10.6. The highest BCUT2D eigenvalue weighted by Gasteiger charge is 2.28. The highest BCUT2D eigenvalue weighted by molar-refractivity contribution is 7.17. The van der Waals surface area contributed by atoms with Gasteiger partial charge in [0.15, 0.2) is 0 Å². The molecule has 0 radical (unpaired) electrons. The van der Waals surface area contributed by atoms with E-state index < -0.39 is 22.2 Å². The molecule has 0 saturated heterocycles. The molecule has 0 aliphatic rings. The zero-order chi connectivity index (χ0) is 13.9. The second-order valence-corrected chi connectivity index (χ2v) is 5.33. The molecule has 1 amide bonds. The third-order valence-electron chi connectivity index (χ3n) is 2.27. The fourth-order valence-corrected chi connectivity index (χ4v) is 1.75. The summed E-state index contributed by atoms with van der Waals surface area (Å²) in [6.45, 7) is 2.91. The Labute approximate surface area is 107 Å². The summed E-state index contributed by atoms with van der Waals surface area (Å²) in [5.74, 6) is -1.54. The summed E-state index contributed by atoms with van der Waals surface area (Å²) in [5, 5.41) is 21.6. The summed E-state index contributed by atoms with van der Waals surface area (Å²) < 4.78 is 0. The molecule has 0 unspecified atom stereocenters. The molecule has 1 heterocycles. The van der Waals surface area contributed by atoms with Crippen LogP contribution in [0.4, 0.5) is 5.00 Å². The van der Waals surface area contributed by atoms with Gasteiger partial charge in [0.2, 0.25) is 0 Å². The van der Waals surface area contributed by atoms with E-state index >= 15 is 0 Å². The first kappa shape index (κ1) is 14.1. The quantitative estimate of drug-likeness (QED) is 0.623. The van der Waals surface area contributed by atoms with Crippen molar-refractivity contribution in [1.82, 2.24) is 5.32 Å². The summed E-state index contributed by atoms with van der Waals surface area (Å²) in [6.07, 6.45) is 0. The maximum absolute atomic E-state index is 11.6. The van der Waals surface area contributed by atoms with Gasteiger partial charge in [-0.3, -0.25) is 19.7 Å². The average molecular weight is 272 g/mol. The lowest BCUT2D eigenvalue weighted by Gasteiger charge is -2.18. The number of hydrogen-bond acceptors (Lipinski definition) is 5. The molecule has 0 bridgehead atoms. The van der Waals surface area contributed by atoms with Gasteiger partial charge >= 0.3 is 11.0 Å². The topological polar surface area (TPSA) is 110 Å². The Bertz CT molecular complexity index is 494. The number of hydrogen-bond donors (Lipinski definition) is 2. The number of rotatable bonds is 5. The minimum absolute atomic E-state index is 0.0487. The summed E-state index contributed by atoms with van der Waals surface area (Å²) in [4.78, 5) is 32.5. The van der Waals surface area contributed by atoms with E-state index in [4.69, 9.17) is 5.11 Å². The van der Waals surface area contributed by atoms with Gasteiger partial charge < -0.3 is 10.4 Å². The molecule has 98 valence electrons. The van der Waals surface area contributed by atoms with Gasteiger partial charge in [0.05, 0.1) is 15.2 Å². The lowest BCUT2D eigenvalue weighted by Crippen LogP contribution is -2.38. The van der Waals surface area contributed by atoms with Gasteiger partial charge in [0.25, 0.3) is 5.91 Å². The van der Waals surface area contributed by atoms with Crippen LogP contribution in [0.15, 0.2) is 12.1 Å². The molecule has 0 saturated carbocycles. The Balaban J connectivity index is 2.66. The maximum atomic E-state index is 11.6. The molecule has 0 aliphatic carbocycles. The first-order chi connectivity index (χ1) is 8.24. The van der Waals surface area contributed by atoms with Gasteiger partial charge in [-0.2, -0.15) is 0 Å². The number of carboxylic acid groups (broad SMARTS) is 1. The van der Waals surface area contributed by atoms with Crippen molar-refractivity contribution >= 4 is 28.2 Å². The molecule has 0 spiro atoms. The van der Waals surface area contributed by atoms with Crippen LogP contribution in [0, 0.1) is 15.5 Å². The van der Waals surface area contributed by atoms with Crippen molar-refractivity contribution in [2.24, 2.45) is 5.41 Å². The molecule has 18 heavy (non-hydrogen) atoms. The van der Waals surface area contributed by atoms with Crippen LogP contribution in [0.25, 0.3) is 0 Å². The highest BCUT2D eigenvalue weighted by atomic mass is 32.1. The Hall–Kier alpha value is -1.96. The normalized spacial score (nSPS) is 11.0. The van der Waals surface area contributed by atoms with Crippen molar-refractivity contribution in [1.29, 1.82) is 0 Å². The monoisotopic (exact) mass is 272 g/mol. The van der Waals surface area contributed by atoms with E-state index in [1.54, 1.807) is 0 Å². The summed E-state index contributed by atoms with van der Waals surface area (Å²) >= 11 is 0.750. The first-order valence-electron chi connectivity index (χ1n) is 5.00. The Morgan fingerprint density at radius 2 is 2.11 bits per heavy atom. The molecular formula is C10H12N2O5S. The second-order valence-electron chi connectivity index (χ2n) is 4.27. The van der Waals surface area contributed by atoms with E-state index in [2.05, 4.69) is 5.32 Å². The van der Waals surface area contributed by atoms with Crippen molar-refractivity contribution in [3.63, 3.8) is 0 Å². The third-order valence-corrected chi connectivity index (χ3v) is 3.30. The standard InChI is InChI=1S/C10H12N2O5S/c1-10(2,9(14)15)5-11-8(13)6-3-4-7(18-6)12(16)17/h3-4H,5H2,1-2H3,(H,11,13)(H,14,15). The van der Waals surface area contributed by atoms with Gasteiger partial charge in [-0.15, -0.1) is 0 Å². The number of aliphatic carboxylic acids is 1. The Morgan fingerprint density at radius 1 is 1.50 bits per heavy atom. The lowest BCUT2D eigenvalue weighted by molar-refractivity contribution is -0.380. The molecule has 0 aliphatic heterocycles. The van der Waals surface area contributed by atoms with Crippen LogP contribution in [0.3, 0.4) is 0 Å². The summed E-state index contributed by atoms with van der Waals surface area (Å²) in [7, 11) is 0. The number of carbonyl (C=O) groups is 2. The van der Waals surface area contributed by atoms with E-state index in [9.17, 15) is 19.7 Å². The minimum Gasteiger partial charge on any atom is -0.481 e. The SMILES string of the molecule is CC(C)(CNC(=O)c1ccc([N+](=O)[O-])s1)C(=O)O. The van der Waals surface area contributed by atoms with Crippen LogP contribution in [0.5, 0.6) is 0 Å². The van der Waals surface area contributed by atoms with Crippen LogP contribution in [-0.4, -0.2) is 28.5 Å². The predicted octanol–water partition coefficient (Wildman–Crippen LogP) is 1.50. The molecule has 0 fully saturated rings. The van der Waals surface area contributed by atoms with Crippen molar-refractivity contribution < 1.29 is 19.6 Å². The van der Waals surface area contributed by atoms with Crippen molar-refractivity contribution in [2.75, 3.05) is 6.54 Å². The van der Waals surface area contributed by atoms with Crippen molar-refractivity contribution in [3.8, 4) is 0 Å². The van der Waals surface area contributed by atoms with Gasteiger partial charge in [-0.05, 0) is 19.9 Å². The van der Waals surface area contributed by atoms with E-state index in [0.29, 0.717) is 0 Å². The molecule has 0 atom stereocenters. The Kier molecular flexibility index (Phi) is 4.02. The van der Waals surface area contributed by atoms with Gasteiger partial charge in [-0.1, -0.05) is 11.3 Å². The number of nitro groups is 1. The van der Waals surface area contributed by atoms with Crippen LogP contribution >= 0.6 is 11.3 Å². The number of carbonyl (C=O) groups excluding carboxylic acids is 1. The van der Waals surface area contributed by atoms with Gasteiger partial charge in [-0.25, -0.2) is 0 Å². The first-order valence-corrected chi connectivity index (χ1v) is 5.81. The number of nitrogens with zero attached hydrogens (tertiary/aromatic N) is 1. The number of carboxylic acids is 1. The fraction of sp³-hybridized carbons (Fsp3) is 0.400. The van der Waals surface area contributed by atoms with E-state index in [1.165, 1.54) is 26.0 Å². The van der Waals surface area contributed by atoms with E-state index in [0.717, 1.165) is 11.3 Å². The van der Waals surface area contributed by atoms with Gasteiger partial charge in [0.1, 0.15) is 0 Å². The van der Waals surface area contributed by atoms with Crippen LogP contribution in [0.2, 0.25) is 0 Å². The largest absolute Gasteiger partial charge is 0.481 e. The average Bonchev–Trinajstić information content (AvgIpc) is 2.75. The van der Waals surface area contributed by atoms with Crippen LogP contribution in [-0.2, 0) is 4.79 Å². The molecule has 7 nitrogen and oxygen atoms in total. The molecule has 1 aromatic heterocycles. The fourth-order valence-electron chi connectivity index (χ4n) is 1.01. The molecule has 1 aromatic rings. The molecule has 8 heteroatoms. The zero-order valence-electron chi connectivity index (χ0n) is 9.80. The van der Waals surface area contributed by atoms with Gasteiger partial charge in [0, 0.05) is 12.6 Å². The molecule has 1 rings (SSSR count).